The molecular weight excluding hydrogens is 236 g/mol. The van der Waals surface area contributed by atoms with Crippen LogP contribution in [0.1, 0.15) is 5.56 Å². The first kappa shape index (κ1) is 12.4. The minimum absolute atomic E-state index is 0.270. The maximum Gasteiger partial charge on any atom is 0.141 e. The zero-order chi connectivity index (χ0) is 13.0. The predicted octanol–water partition coefficient (Wildman–Crippen LogP) is 3.59. The van der Waals surface area contributed by atoms with Crippen LogP contribution < -0.4 is 10.1 Å². The normalized spacial score (nSPS) is 10.2. The van der Waals surface area contributed by atoms with E-state index < -0.39 is 11.6 Å². The molecule has 1 N–H and O–H groups in total. The van der Waals surface area contributed by atoms with Gasteiger partial charge in [-0.15, -0.1) is 0 Å². The summed E-state index contributed by atoms with van der Waals surface area (Å²) in [5.74, 6) is -0.453. The molecule has 0 saturated carbocycles. The molecule has 4 heteroatoms. The lowest BCUT2D eigenvalue weighted by Gasteiger charge is -2.11. The average Bonchev–Trinajstić information content (AvgIpc) is 2.38. The van der Waals surface area contributed by atoms with E-state index in [0.29, 0.717) is 11.3 Å². The second-order valence-corrected chi connectivity index (χ2v) is 3.79. The molecule has 0 saturated heterocycles. The summed E-state index contributed by atoms with van der Waals surface area (Å²) < 4.78 is 31.3. The third-order valence-corrected chi connectivity index (χ3v) is 2.59. The molecule has 2 nitrogen and oxygen atoms in total. The summed E-state index contributed by atoms with van der Waals surface area (Å²) in [6, 6.07) is 10.9. The van der Waals surface area contributed by atoms with Crippen LogP contribution in [-0.4, -0.2) is 7.11 Å². The van der Waals surface area contributed by atoms with Crippen LogP contribution in [0.3, 0.4) is 0 Å². The van der Waals surface area contributed by atoms with E-state index in [1.54, 1.807) is 7.11 Å². The highest BCUT2D eigenvalue weighted by Gasteiger charge is 2.05. The zero-order valence-corrected chi connectivity index (χ0v) is 9.91. The number of halogens is 2. The fourth-order valence-electron chi connectivity index (χ4n) is 1.65. The topological polar surface area (TPSA) is 21.3 Å². The van der Waals surface area contributed by atoms with Gasteiger partial charge in [0.25, 0.3) is 0 Å². The Kier molecular flexibility index (Phi) is 3.77. The molecule has 18 heavy (non-hydrogen) atoms. The van der Waals surface area contributed by atoms with E-state index in [1.807, 2.05) is 24.3 Å². The van der Waals surface area contributed by atoms with Crippen molar-refractivity contribution in [2.24, 2.45) is 0 Å². The quantitative estimate of drug-likeness (QED) is 0.894. The maximum absolute atomic E-state index is 13.4. The van der Waals surface area contributed by atoms with Crippen LogP contribution in [0, 0.1) is 11.6 Å². The van der Waals surface area contributed by atoms with Gasteiger partial charge >= 0.3 is 0 Å². The number of hydrogen-bond acceptors (Lipinski definition) is 2. The van der Waals surface area contributed by atoms with Crippen LogP contribution in [0.2, 0.25) is 0 Å². The van der Waals surface area contributed by atoms with E-state index in [9.17, 15) is 8.78 Å². The Balaban J connectivity index is 2.11. The van der Waals surface area contributed by atoms with Crippen molar-refractivity contribution in [1.29, 1.82) is 0 Å². The number of ether oxygens (including phenoxy) is 1. The summed E-state index contributed by atoms with van der Waals surface area (Å²) in [6.07, 6.45) is 0. The standard InChI is InChI=1S/C14H13F2NO/c1-18-14-5-3-2-4-13(14)17-9-10-6-7-11(15)8-12(10)16/h2-8,17H,9H2,1H3. The van der Waals surface area contributed by atoms with E-state index in [4.69, 9.17) is 4.74 Å². The minimum Gasteiger partial charge on any atom is -0.495 e. The van der Waals surface area contributed by atoms with Crippen LogP contribution in [0.5, 0.6) is 5.75 Å². The molecule has 2 aromatic rings. The number of para-hydroxylation sites is 2. The molecule has 0 spiro atoms. The van der Waals surface area contributed by atoms with E-state index in [0.717, 1.165) is 11.8 Å². The van der Waals surface area contributed by atoms with E-state index in [1.165, 1.54) is 12.1 Å². The molecule has 0 unspecified atom stereocenters. The lowest BCUT2D eigenvalue weighted by Crippen LogP contribution is -2.03. The van der Waals surface area contributed by atoms with Crippen molar-refractivity contribution in [3.05, 3.63) is 59.7 Å². The third kappa shape index (κ3) is 2.77. The van der Waals surface area contributed by atoms with Gasteiger partial charge in [-0.2, -0.15) is 0 Å². The molecule has 0 aliphatic carbocycles. The van der Waals surface area contributed by atoms with Gasteiger partial charge in [-0.1, -0.05) is 18.2 Å². The fraction of sp³-hybridized carbons (Fsp3) is 0.143. The Hall–Kier alpha value is -2.10. The highest BCUT2D eigenvalue weighted by molar-refractivity contribution is 5.56. The van der Waals surface area contributed by atoms with Gasteiger partial charge in [0, 0.05) is 18.2 Å². The summed E-state index contributed by atoms with van der Waals surface area (Å²) in [5.41, 5.74) is 1.17. The number of benzene rings is 2. The molecule has 2 rings (SSSR count). The van der Waals surface area contributed by atoms with Crippen molar-refractivity contribution < 1.29 is 13.5 Å². The van der Waals surface area contributed by atoms with Gasteiger partial charge in [-0.3, -0.25) is 0 Å². The molecule has 2 aromatic carbocycles. The van der Waals surface area contributed by atoms with Gasteiger partial charge in [0.1, 0.15) is 17.4 Å². The summed E-state index contributed by atoms with van der Waals surface area (Å²) >= 11 is 0. The van der Waals surface area contributed by atoms with E-state index in [-0.39, 0.29) is 6.54 Å². The van der Waals surface area contributed by atoms with Crippen LogP contribution in [-0.2, 0) is 6.54 Å². The molecule has 0 amide bonds. The lowest BCUT2D eigenvalue weighted by atomic mass is 10.2. The number of rotatable bonds is 4. The monoisotopic (exact) mass is 249 g/mol. The van der Waals surface area contributed by atoms with Gasteiger partial charge in [-0.25, -0.2) is 8.78 Å². The predicted molar refractivity (Wildman–Crippen MR) is 66.7 cm³/mol. The number of anilines is 1. The van der Waals surface area contributed by atoms with Crippen LogP contribution >= 0.6 is 0 Å². The smallest absolute Gasteiger partial charge is 0.141 e. The van der Waals surface area contributed by atoms with E-state index in [2.05, 4.69) is 5.32 Å². The van der Waals surface area contributed by atoms with Crippen molar-refractivity contribution in [2.45, 2.75) is 6.54 Å². The molecule has 0 radical (unpaired) electrons. The molecule has 94 valence electrons. The van der Waals surface area contributed by atoms with Crippen molar-refractivity contribution in [3.8, 4) is 5.75 Å². The van der Waals surface area contributed by atoms with Crippen molar-refractivity contribution >= 4 is 5.69 Å². The summed E-state index contributed by atoms with van der Waals surface area (Å²) in [4.78, 5) is 0. The van der Waals surface area contributed by atoms with Gasteiger partial charge in [0.2, 0.25) is 0 Å². The van der Waals surface area contributed by atoms with Gasteiger partial charge in [-0.05, 0) is 18.2 Å². The first-order valence-corrected chi connectivity index (χ1v) is 5.51. The van der Waals surface area contributed by atoms with Crippen molar-refractivity contribution in [3.63, 3.8) is 0 Å². The van der Waals surface area contributed by atoms with Crippen molar-refractivity contribution in [1.82, 2.24) is 0 Å². The van der Waals surface area contributed by atoms with Crippen LogP contribution in [0.15, 0.2) is 42.5 Å². The highest BCUT2D eigenvalue weighted by Crippen LogP contribution is 2.24. The summed E-state index contributed by atoms with van der Waals surface area (Å²) in [5, 5.41) is 3.05. The average molecular weight is 249 g/mol. The first-order chi connectivity index (χ1) is 8.70. The zero-order valence-electron chi connectivity index (χ0n) is 9.91. The van der Waals surface area contributed by atoms with Gasteiger partial charge in [0.05, 0.1) is 12.8 Å². The molecule has 0 atom stereocenters. The highest BCUT2D eigenvalue weighted by atomic mass is 19.1. The number of methoxy groups -OCH3 is 1. The second-order valence-electron chi connectivity index (χ2n) is 3.79. The lowest BCUT2D eigenvalue weighted by molar-refractivity contribution is 0.416. The summed E-state index contributed by atoms with van der Waals surface area (Å²) in [6.45, 7) is 0.270. The molecular formula is C14H13F2NO. The fourth-order valence-corrected chi connectivity index (χ4v) is 1.65. The number of hydrogen-bond donors (Lipinski definition) is 1. The Labute approximate surface area is 104 Å². The Bertz CT molecular complexity index is 543. The third-order valence-electron chi connectivity index (χ3n) is 2.59. The Morgan fingerprint density at radius 1 is 1.11 bits per heavy atom. The van der Waals surface area contributed by atoms with Crippen LogP contribution in [0.25, 0.3) is 0 Å². The minimum atomic E-state index is -0.575. The largest absolute Gasteiger partial charge is 0.495 e. The van der Waals surface area contributed by atoms with E-state index >= 15 is 0 Å². The second kappa shape index (κ2) is 5.49. The molecule has 0 aliphatic rings. The summed E-state index contributed by atoms with van der Waals surface area (Å²) in [7, 11) is 1.57. The molecule has 0 fully saturated rings. The van der Waals surface area contributed by atoms with Gasteiger partial charge in [0.15, 0.2) is 0 Å². The molecule has 0 aliphatic heterocycles. The Morgan fingerprint density at radius 3 is 2.61 bits per heavy atom. The van der Waals surface area contributed by atoms with Gasteiger partial charge < -0.3 is 10.1 Å². The van der Waals surface area contributed by atoms with Crippen molar-refractivity contribution in [2.75, 3.05) is 12.4 Å². The Morgan fingerprint density at radius 2 is 1.89 bits per heavy atom. The van der Waals surface area contributed by atoms with Crippen LogP contribution in [0.4, 0.5) is 14.5 Å². The molecule has 0 heterocycles. The molecule has 0 aromatic heterocycles. The molecule has 0 bridgehead atoms. The maximum atomic E-state index is 13.4. The number of nitrogens with one attached hydrogen (secondary N) is 1. The SMILES string of the molecule is COc1ccccc1NCc1ccc(F)cc1F. The first-order valence-electron chi connectivity index (χ1n) is 5.51.